The van der Waals surface area contributed by atoms with E-state index in [4.69, 9.17) is 4.74 Å². The second-order valence-corrected chi connectivity index (χ2v) is 9.92. The first kappa shape index (κ1) is 23.4. The van der Waals surface area contributed by atoms with Gasteiger partial charge < -0.3 is 19.4 Å². The van der Waals surface area contributed by atoms with E-state index in [0.717, 1.165) is 55.3 Å². The summed E-state index contributed by atoms with van der Waals surface area (Å²) in [6.07, 6.45) is 5.04. The highest BCUT2D eigenvalue weighted by molar-refractivity contribution is 7.17. The minimum Gasteiger partial charge on any atom is -0.482 e. The number of carbonyl (C=O) groups is 2. The number of thiophene rings is 1. The standard InChI is InChI=1S/C27H30N4O3S/c32-25(30-13-7-2-8-14-30)20-34-22-19-23(21-9-3-1-4-10-21)35-26(22)27(33)31-17-15-29(16-18-31)24-11-5-6-12-28-24/h1,3-6,9-12,19H,2,7-8,13-18,20H2. The van der Waals surface area contributed by atoms with Gasteiger partial charge in [-0.3, -0.25) is 9.59 Å². The van der Waals surface area contributed by atoms with Crippen molar-refractivity contribution in [1.82, 2.24) is 14.8 Å². The lowest BCUT2D eigenvalue weighted by Gasteiger charge is -2.35. The van der Waals surface area contributed by atoms with E-state index in [1.54, 1.807) is 6.20 Å². The zero-order valence-corrected chi connectivity index (χ0v) is 20.6. The van der Waals surface area contributed by atoms with Gasteiger partial charge in [0.25, 0.3) is 11.8 Å². The molecule has 2 aromatic heterocycles. The summed E-state index contributed by atoms with van der Waals surface area (Å²) in [6.45, 7) is 4.20. The molecule has 2 aliphatic heterocycles. The Labute approximate surface area is 209 Å². The number of likely N-dealkylation sites (tertiary alicyclic amines) is 1. The number of hydrogen-bond acceptors (Lipinski definition) is 6. The molecule has 2 fully saturated rings. The topological polar surface area (TPSA) is 66.0 Å². The predicted molar refractivity (Wildman–Crippen MR) is 138 cm³/mol. The maximum Gasteiger partial charge on any atom is 0.267 e. The van der Waals surface area contributed by atoms with Crippen LogP contribution in [0.4, 0.5) is 5.82 Å². The number of pyridine rings is 1. The minimum atomic E-state index is -0.0433. The van der Waals surface area contributed by atoms with Crippen molar-refractivity contribution >= 4 is 29.0 Å². The van der Waals surface area contributed by atoms with Crippen molar-refractivity contribution in [3.8, 4) is 16.2 Å². The summed E-state index contributed by atoms with van der Waals surface area (Å²) in [6, 6.07) is 17.8. The predicted octanol–water partition coefficient (Wildman–Crippen LogP) is 4.16. The Morgan fingerprint density at radius 1 is 0.857 bits per heavy atom. The molecule has 0 radical (unpaired) electrons. The number of rotatable bonds is 6. The molecule has 0 spiro atoms. The first-order valence-corrected chi connectivity index (χ1v) is 13.1. The maximum absolute atomic E-state index is 13.6. The molecule has 2 amide bonds. The van der Waals surface area contributed by atoms with Gasteiger partial charge >= 0.3 is 0 Å². The van der Waals surface area contributed by atoms with Crippen molar-refractivity contribution in [3.63, 3.8) is 0 Å². The lowest BCUT2D eigenvalue weighted by atomic mass is 10.1. The van der Waals surface area contributed by atoms with E-state index in [1.165, 1.54) is 17.8 Å². The third-order valence-electron chi connectivity index (χ3n) is 6.55. The number of piperazine rings is 1. The van der Waals surface area contributed by atoms with Crippen molar-refractivity contribution in [2.75, 3.05) is 50.8 Å². The van der Waals surface area contributed by atoms with E-state index >= 15 is 0 Å². The Kier molecular flexibility index (Phi) is 7.28. The normalized spacial score (nSPS) is 16.3. The van der Waals surface area contributed by atoms with Gasteiger partial charge in [0.15, 0.2) is 6.61 Å². The largest absolute Gasteiger partial charge is 0.482 e. The highest BCUT2D eigenvalue weighted by atomic mass is 32.1. The summed E-state index contributed by atoms with van der Waals surface area (Å²) in [7, 11) is 0. The van der Waals surface area contributed by atoms with Crippen LogP contribution in [0.3, 0.4) is 0 Å². The number of piperidine rings is 1. The van der Waals surface area contributed by atoms with Crippen molar-refractivity contribution in [2.24, 2.45) is 0 Å². The molecule has 4 heterocycles. The minimum absolute atomic E-state index is 0.0143. The van der Waals surface area contributed by atoms with Crippen molar-refractivity contribution in [2.45, 2.75) is 19.3 Å². The fourth-order valence-corrected chi connectivity index (χ4v) is 5.65. The lowest BCUT2D eigenvalue weighted by Crippen LogP contribution is -2.49. The first-order valence-electron chi connectivity index (χ1n) is 12.2. The van der Waals surface area contributed by atoms with Gasteiger partial charge in [0, 0.05) is 50.3 Å². The van der Waals surface area contributed by atoms with Gasteiger partial charge in [0.1, 0.15) is 16.4 Å². The van der Waals surface area contributed by atoms with Crippen LogP contribution >= 0.6 is 11.3 Å². The zero-order chi connectivity index (χ0) is 24.0. The van der Waals surface area contributed by atoms with Gasteiger partial charge in [0.2, 0.25) is 0 Å². The number of amides is 2. The Morgan fingerprint density at radius 2 is 1.60 bits per heavy atom. The molecule has 7 nitrogen and oxygen atoms in total. The van der Waals surface area contributed by atoms with Gasteiger partial charge in [-0.15, -0.1) is 11.3 Å². The Balaban J connectivity index is 1.31. The zero-order valence-electron chi connectivity index (χ0n) is 19.8. The molecule has 2 saturated heterocycles. The first-order chi connectivity index (χ1) is 17.2. The fourth-order valence-electron chi connectivity index (χ4n) is 4.57. The molecule has 0 atom stereocenters. The van der Waals surface area contributed by atoms with Gasteiger partial charge in [-0.25, -0.2) is 4.98 Å². The van der Waals surface area contributed by atoms with Crippen LogP contribution in [0.2, 0.25) is 0 Å². The highest BCUT2D eigenvalue weighted by Gasteiger charge is 2.28. The molecule has 0 unspecified atom stereocenters. The number of benzene rings is 1. The van der Waals surface area contributed by atoms with Crippen LogP contribution in [0.1, 0.15) is 28.9 Å². The summed E-state index contributed by atoms with van der Waals surface area (Å²) in [4.78, 5) is 38.2. The van der Waals surface area contributed by atoms with Crippen LogP contribution in [-0.2, 0) is 4.79 Å². The number of aromatic nitrogens is 1. The number of nitrogens with zero attached hydrogens (tertiary/aromatic N) is 4. The SMILES string of the molecule is O=C(COc1cc(-c2ccccc2)sc1C(=O)N1CCN(c2ccccn2)CC1)N1CCCCC1. The fraction of sp³-hybridized carbons (Fsp3) is 0.370. The van der Waals surface area contributed by atoms with Crippen molar-refractivity contribution in [3.05, 3.63) is 65.7 Å². The molecule has 3 aromatic rings. The van der Waals surface area contributed by atoms with Crippen LogP contribution in [0.5, 0.6) is 5.75 Å². The third kappa shape index (κ3) is 5.48. The van der Waals surface area contributed by atoms with Crippen LogP contribution in [0.25, 0.3) is 10.4 Å². The van der Waals surface area contributed by atoms with Gasteiger partial charge in [-0.1, -0.05) is 36.4 Å². The van der Waals surface area contributed by atoms with Crippen LogP contribution in [0.15, 0.2) is 60.8 Å². The molecular formula is C27H30N4O3S. The maximum atomic E-state index is 13.6. The molecule has 8 heteroatoms. The molecule has 182 valence electrons. The van der Waals surface area contributed by atoms with Crippen molar-refractivity contribution in [1.29, 1.82) is 0 Å². The average Bonchev–Trinajstić information content (AvgIpc) is 3.37. The van der Waals surface area contributed by atoms with E-state index in [1.807, 2.05) is 64.4 Å². The van der Waals surface area contributed by atoms with E-state index in [9.17, 15) is 9.59 Å². The lowest BCUT2D eigenvalue weighted by molar-refractivity contribution is -0.134. The van der Waals surface area contributed by atoms with Gasteiger partial charge in [0.05, 0.1) is 0 Å². The van der Waals surface area contributed by atoms with Crippen LogP contribution in [-0.4, -0.2) is 72.5 Å². The monoisotopic (exact) mass is 490 g/mol. The Morgan fingerprint density at radius 3 is 2.31 bits per heavy atom. The van der Waals surface area contributed by atoms with Gasteiger partial charge in [-0.05, 0) is 43.0 Å². The molecular weight excluding hydrogens is 460 g/mol. The summed E-state index contributed by atoms with van der Waals surface area (Å²) >= 11 is 1.43. The van der Waals surface area contributed by atoms with Crippen LogP contribution in [0, 0.1) is 0 Å². The molecule has 0 saturated carbocycles. The smallest absolute Gasteiger partial charge is 0.267 e. The summed E-state index contributed by atoms with van der Waals surface area (Å²) in [5.74, 6) is 1.37. The van der Waals surface area contributed by atoms with E-state index in [0.29, 0.717) is 23.7 Å². The highest BCUT2D eigenvalue weighted by Crippen LogP contribution is 2.37. The molecule has 0 bridgehead atoms. The van der Waals surface area contributed by atoms with E-state index < -0.39 is 0 Å². The third-order valence-corrected chi connectivity index (χ3v) is 7.70. The second kappa shape index (κ2) is 10.9. The Hall–Kier alpha value is -3.39. The van der Waals surface area contributed by atoms with E-state index in [2.05, 4.69) is 9.88 Å². The quantitative estimate of drug-likeness (QED) is 0.519. The van der Waals surface area contributed by atoms with Gasteiger partial charge in [-0.2, -0.15) is 0 Å². The average molecular weight is 491 g/mol. The number of carbonyl (C=O) groups excluding carboxylic acids is 2. The molecule has 2 aliphatic rings. The summed E-state index contributed by atoms with van der Waals surface area (Å²) < 4.78 is 6.01. The molecule has 0 aliphatic carbocycles. The summed E-state index contributed by atoms with van der Waals surface area (Å²) in [5.41, 5.74) is 1.03. The molecule has 35 heavy (non-hydrogen) atoms. The summed E-state index contributed by atoms with van der Waals surface area (Å²) in [5, 5.41) is 0. The van der Waals surface area contributed by atoms with Crippen molar-refractivity contribution < 1.29 is 14.3 Å². The Bertz CT molecular complexity index is 1140. The van der Waals surface area contributed by atoms with E-state index in [-0.39, 0.29) is 18.4 Å². The second-order valence-electron chi connectivity index (χ2n) is 8.87. The number of ether oxygens (including phenoxy) is 1. The van der Waals surface area contributed by atoms with Crippen LogP contribution < -0.4 is 9.64 Å². The molecule has 0 N–H and O–H groups in total. The number of anilines is 1. The molecule has 1 aromatic carbocycles. The molecule has 5 rings (SSSR count). The number of hydrogen-bond donors (Lipinski definition) is 0.